The topological polar surface area (TPSA) is 26.0 Å². The SMILES string of the molecule is NC(CSc1ccc(F)cc1)C1CC1c1ccccc1. The highest BCUT2D eigenvalue weighted by Gasteiger charge is 2.42. The maximum absolute atomic E-state index is 12.8. The first-order valence-electron chi connectivity index (χ1n) is 6.93. The highest BCUT2D eigenvalue weighted by Crippen LogP contribution is 2.49. The molecule has 1 saturated carbocycles. The first kappa shape index (κ1) is 13.7. The minimum Gasteiger partial charge on any atom is -0.327 e. The zero-order chi connectivity index (χ0) is 13.9. The van der Waals surface area contributed by atoms with Gasteiger partial charge >= 0.3 is 0 Å². The minimum absolute atomic E-state index is 0.190. The number of halogens is 1. The van der Waals surface area contributed by atoms with Crippen LogP contribution in [0.25, 0.3) is 0 Å². The molecular formula is C17H18FNS. The van der Waals surface area contributed by atoms with Crippen LogP contribution in [0, 0.1) is 11.7 Å². The molecule has 0 aliphatic heterocycles. The fourth-order valence-electron chi connectivity index (χ4n) is 2.62. The smallest absolute Gasteiger partial charge is 0.123 e. The maximum Gasteiger partial charge on any atom is 0.123 e. The van der Waals surface area contributed by atoms with E-state index < -0.39 is 0 Å². The molecule has 0 bridgehead atoms. The van der Waals surface area contributed by atoms with Crippen LogP contribution in [0.3, 0.4) is 0 Å². The number of thioether (sulfide) groups is 1. The fourth-order valence-corrected chi connectivity index (χ4v) is 3.58. The largest absolute Gasteiger partial charge is 0.327 e. The molecule has 1 fully saturated rings. The highest BCUT2D eigenvalue weighted by atomic mass is 32.2. The van der Waals surface area contributed by atoms with Crippen molar-refractivity contribution in [1.29, 1.82) is 0 Å². The Morgan fingerprint density at radius 3 is 2.50 bits per heavy atom. The summed E-state index contributed by atoms with van der Waals surface area (Å²) in [7, 11) is 0. The molecule has 3 unspecified atom stereocenters. The zero-order valence-corrected chi connectivity index (χ0v) is 12.0. The van der Waals surface area contributed by atoms with Gasteiger partial charge in [-0.3, -0.25) is 0 Å². The van der Waals surface area contributed by atoms with Crippen LogP contribution in [-0.4, -0.2) is 11.8 Å². The minimum atomic E-state index is -0.190. The Kier molecular flexibility index (Phi) is 4.08. The van der Waals surface area contributed by atoms with Crippen molar-refractivity contribution in [1.82, 2.24) is 0 Å². The monoisotopic (exact) mass is 287 g/mol. The molecule has 20 heavy (non-hydrogen) atoms. The van der Waals surface area contributed by atoms with Crippen molar-refractivity contribution in [3.8, 4) is 0 Å². The molecule has 0 aromatic heterocycles. The Morgan fingerprint density at radius 1 is 1.10 bits per heavy atom. The summed E-state index contributed by atoms with van der Waals surface area (Å²) < 4.78 is 12.8. The molecule has 1 aliphatic carbocycles. The highest BCUT2D eigenvalue weighted by molar-refractivity contribution is 7.99. The molecule has 104 valence electrons. The van der Waals surface area contributed by atoms with E-state index in [1.54, 1.807) is 11.8 Å². The van der Waals surface area contributed by atoms with Crippen molar-refractivity contribution in [2.45, 2.75) is 23.3 Å². The Labute approximate surface area is 123 Å². The van der Waals surface area contributed by atoms with Gasteiger partial charge in [-0.2, -0.15) is 0 Å². The molecular weight excluding hydrogens is 269 g/mol. The number of hydrogen-bond acceptors (Lipinski definition) is 2. The quantitative estimate of drug-likeness (QED) is 0.840. The Morgan fingerprint density at radius 2 is 1.80 bits per heavy atom. The van der Waals surface area contributed by atoms with E-state index in [0.29, 0.717) is 11.8 Å². The Bertz CT molecular complexity index is 555. The second-order valence-electron chi connectivity index (χ2n) is 5.35. The van der Waals surface area contributed by atoms with Gasteiger partial charge < -0.3 is 5.73 Å². The van der Waals surface area contributed by atoms with E-state index in [1.165, 1.54) is 24.1 Å². The zero-order valence-electron chi connectivity index (χ0n) is 11.2. The summed E-state index contributed by atoms with van der Waals surface area (Å²) in [6.45, 7) is 0. The second-order valence-corrected chi connectivity index (χ2v) is 6.44. The first-order valence-corrected chi connectivity index (χ1v) is 7.91. The van der Waals surface area contributed by atoms with Crippen molar-refractivity contribution in [2.75, 3.05) is 5.75 Å². The molecule has 2 N–H and O–H groups in total. The van der Waals surface area contributed by atoms with Crippen molar-refractivity contribution in [2.24, 2.45) is 11.7 Å². The lowest BCUT2D eigenvalue weighted by Gasteiger charge is -2.11. The third-order valence-corrected chi connectivity index (χ3v) is 5.03. The van der Waals surface area contributed by atoms with E-state index in [9.17, 15) is 4.39 Å². The van der Waals surface area contributed by atoms with Crippen molar-refractivity contribution in [3.63, 3.8) is 0 Å². The first-order chi connectivity index (χ1) is 9.74. The van der Waals surface area contributed by atoms with Gasteiger partial charge in [-0.15, -0.1) is 11.8 Å². The molecule has 1 nitrogen and oxygen atoms in total. The van der Waals surface area contributed by atoms with Gasteiger partial charge in [0, 0.05) is 16.7 Å². The van der Waals surface area contributed by atoms with E-state index in [0.717, 1.165) is 10.6 Å². The van der Waals surface area contributed by atoms with Gasteiger partial charge in [0.2, 0.25) is 0 Å². The number of rotatable bonds is 5. The lowest BCUT2D eigenvalue weighted by molar-refractivity contribution is 0.626. The predicted octanol–water partition coefficient (Wildman–Crippen LogP) is 4.05. The third kappa shape index (κ3) is 3.22. The Balaban J connectivity index is 1.51. The average molecular weight is 287 g/mol. The summed E-state index contributed by atoms with van der Waals surface area (Å²) in [6.07, 6.45) is 1.19. The molecule has 0 amide bonds. The van der Waals surface area contributed by atoms with Gasteiger partial charge in [-0.1, -0.05) is 30.3 Å². The second kappa shape index (κ2) is 5.98. The molecule has 2 aromatic carbocycles. The van der Waals surface area contributed by atoms with E-state index in [-0.39, 0.29) is 11.9 Å². The normalized spacial score (nSPS) is 22.5. The summed E-state index contributed by atoms with van der Waals surface area (Å²) in [5.74, 6) is 1.91. The molecule has 0 saturated heterocycles. The van der Waals surface area contributed by atoms with Crippen LogP contribution in [0.1, 0.15) is 17.9 Å². The number of benzene rings is 2. The van der Waals surface area contributed by atoms with Gasteiger partial charge in [0.15, 0.2) is 0 Å². The Hall–Kier alpha value is -1.32. The van der Waals surface area contributed by atoms with Crippen molar-refractivity contribution < 1.29 is 4.39 Å². The van der Waals surface area contributed by atoms with Crippen molar-refractivity contribution in [3.05, 3.63) is 66.0 Å². The van der Waals surface area contributed by atoms with Crippen LogP contribution in [0.4, 0.5) is 4.39 Å². The van der Waals surface area contributed by atoms with Crippen LogP contribution < -0.4 is 5.73 Å². The molecule has 3 atom stereocenters. The lowest BCUT2D eigenvalue weighted by atomic mass is 10.1. The van der Waals surface area contributed by atoms with E-state index in [4.69, 9.17) is 5.73 Å². The number of hydrogen-bond donors (Lipinski definition) is 1. The predicted molar refractivity (Wildman–Crippen MR) is 82.4 cm³/mol. The van der Waals surface area contributed by atoms with E-state index in [1.807, 2.05) is 18.2 Å². The van der Waals surface area contributed by atoms with Gasteiger partial charge in [-0.05, 0) is 48.1 Å². The lowest BCUT2D eigenvalue weighted by Crippen LogP contribution is -2.25. The third-order valence-electron chi connectivity index (χ3n) is 3.87. The molecule has 2 aromatic rings. The molecule has 0 radical (unpaired) electrons. The summed E-state index contributed by atoms with van der Waals surface area (Å²) >= 11 is 1.71. The molecule has 1 aliphatic rings. The molecule has 0 spiro atoms. The van der Waals surface area contributed by atoms with E-state index in [2.05, 4.69) is 24.3 Å². The van der Waals surface area contributed by atoms with Gasteiger partial charge in [0.25, 0.3) is 0 Å². The van der Waals surface area contributed by atoms with Gasteiger partial charge in [0.05, 0.1) is 0 Å². The summed E-state index contributed by atoms with van der Waals surface area (Å²) in [5.41, 5.74) is 7.69. The molecule has 3 heteroatoms. The molecule has 0 heterocycles. The van der Waals surface area contributed by atoms with Crippen molar-refractivity contribution >= 4 is 11.8 Å². The maximum atomic E-state index is 12.8. The van der Waals surface area contributed by atoms with E-state index >= 15 is 0 Å². The van der Waals surface area contributed by atoms with Gasteiger partial charge in [-0.25, -0.2) is 4.39 Å². The van der Waals surface area contributed by atoms with Crippen LogP contribution in [0.2, 0.25) is 0 Å². The fraction of sp³-hybridized carbons (Fsp3) is 0.294. The van der Waals surface area contributed by atoms with Gasteiger partial charge in [0.1, 0.15) is 5.82 Å². The summed E-state index contributed by atoms with van der Waals surface area (Å²) in [6, 6.07) is 17.4. The van der Waals surface area contributed by atoms with Crippen LogP contribution in [0.15, 0.2) is 59.5 Å². The molecule has 3 rings (SSSR count). The summed E-state index contributed by atoms with van der Waals surface area (Å²) in [4.78, 5) is 1.08. The average Bonchev–Trinajstić information content (AvgIpc) is 3.28. The number of nitrogens with two attached hydrogens (primary N) is 1. The van der Waals surface area contributed by atoms with Crippen LogP contribution in [-0.2, 0) is 0 Å². The van der Waals surface area contributed by atoms with Crippen LogP contribution >= 0.6 is 11.8 Å². The van der Waals surface area contributed by atoms with Crippen LogP contribution in [0.5, 0.6) is 0 Å². The standard InChI is InChI=1S/C17H18FNS/c18-13-6-8-14(9-7-13)20-11-17(19)16-10-15(16)12-4-2-1-3-5-12/h1-9,15-17H,10-11,19H2. The summed E-state index contributed by atoms with van der Waals surface area (Å²) in [5, 5.41) is 0.